The zero-order valence-electron chi connectivity index (χ0n) is 25.9. The highest BCUT2D eigenvalue weighted by Gasteiger charge is 2.16. The van der Waals surface area contributed by atoms with E-state index in [1.807, 2.05) is 54.6 Å². The monoisotopic (exact) mass is 591 g/mol. The average Bonchev–Trinajstić information content (AvgIpc) is 3.68. The van der Waals surface area contributed by atoms with Gasteiger partial charge in [0.05, 0.1) is 25.5 Å². The number of rotatable bonds is 8. The molecule has 0 fully saturated rings. The van der Waals surface area contributed by atoms with Crippen molar-refractivity contribution in [1.29, 1.82) is 0 Å². The van der Waals surface area contributed by atoms with Gasteiger partial charge in [-0.15, -0.1) is 10.2 Å². The molecule has 0 bridgehead atoms. The van der Waals surface area contributed by atoms with Gasteiger partial charge in [-0.25, -0.2) is 14.3 Å². The molecule has 11 nitrogen and oxygen atoms in total. The second-order valence-corrected chi connectivity index (χ2v) is 12.7. The molecule has 2 N–H and O–H groups in total. The Morgan fingerprint density at radius 3 is 1.36 bits per heavy atom. The van der Waals surface area contributed by atoms with Crippen molar-refractivity contribution in [1.82, 2.24) is 45.6 Å². The van der Waals surface area contributed by atoms with E-state index in [4.69, 9.17) is 0 Å². The highest BCUT2D eigenvalue weighted by atomic mass is 16.2. The van der Waals surface area contributed by atoms with Crippen molar-refractivity contribution in [3.63, 3.8) is 0 Å². The number of hydrogen-bond donors (Lipinski definition) is 2. The zero-order chi connectivity index (χ0) is 31.5. The topological polar surface area (TPSA) is 133 Å². The van der Waals surface area contributed by atoms with Gasteiger partial charge in [-0.3, -0.25) is 9.59 Å². The summed E-state index contributed by atoms with van der Waals surface area (Å²) in [6.07, 6.45) is 3.43. The number of aromatic nitrogens is 7. The van der Waals surface area contributed by atoms with Gasteiger partial charge in [0, 0.05) is 11.1 Å². The fourth-order valence-electron chi connectivity index (χ4n) is 4.44. The molecule has 0 unspecified atom stereocenters. The van der Waals surface area contributed by atoms with E-state index in [0.29, 0.717) is 34.2 Å². The second-order valence-electron chi connectivity index (χ2n) is 12.7. The van der Waals surface area contributed by atoms with Gasteiger partial charge >= 0.3 is 0 Å². The van der Waals surface area contributed by atoms with Crippen molar-refractivity contribution in [2.24, 2.45) is 0 Å². The standard InChI is InChI=1S/C33H37N9O2/c1-32(2,3)24-14-10-22(11-15-24)30(43)34-18-26-20-41(39-37-26)28-8-7-9-29(36-28)42-21-27(38-40-42)19-35-31(44)23-12-16-25(17-13-23)33(4,5)6/h7-17,20-21H,18-19H2,1-6H3,(H,34,43)(H,35,44). The maximum absolute atomic E-state index is 12.6. The van der Waals surface area contributed by atoms with Gasteiger partial charge in [-0.2, -0.15) is 0 Å². The summed E-state index contributed by atoms with van der Waals surface area (Å²) in [5.41, 5.74) is 4.71. The molecule has 44 heavy (non-hydrogen) atoms. The Labute approximate surface area is 256 Å². The molecule has 2 amide bonds. The van der Waals surface area contributed by atoms with Crippen LogP contribution in [0, 0.1) is 0 Å². The molecule has 226 valence electrons. The molecule has 5 aromatic rings. The van der Waals surface area contributed by atoms with Gasteiger partial charge in [-0.05, 0) is 58.4 Å². The number of pyridine rings is 1. The van der Waals surface area contributed by atoms with Crippen LogP contribution in [0.5, 0.6) is 0 Å². The molecule has 0 radical (unpaired) electrons. The highest BCUT2D eigenvalue weighted by Crippen LogP contribution is 2.23. The van der Waals surface area contributed by atoms with E-state index >= 15 is 0 Å². The molecule has 3 heterocycles. The molecule has 0 aliphatic carbocycles. The Morgan fingerprint density at radius 2 is 1.00 bits per heavy atom. The number of nitrogens with one attached hydrogen (secondary N) is 2. The Bertz CT molecular complexity index is 1630. The summed E-state index contributed by atoms with van der Waals surface area (Å²) in [6, 6.07) is 20.6. The Kier molecular flexibility index (Phi) is 8.39. The van der Waals surface area contributed by atoms with Gasteiger partial charge in [0.25, 0.3) is 11.8 Å². The van der Waals surface area contributed by atoms with E-state index in [2.05, 4.69) is 77.8 Å². The first-order valence-corrected chi connectivity index (χ1v) is 14.4. The summed E-state index contributed by atoms with van der Waals surface area (Å²) in [7, 11) is 0. The lowest BCUT2D eigenvalue weighted by molar-refractivity contribution is 0.0942. The summed E-state index contributed by atoms with van der Waals surface area (Å²) >= 11 is 0. The van der Waals surface area contributed by atoms with Crippen LogP contribution < -0.4 is 10.6 Å². The molecule has 2 aromatic carbocycles. The third-order valence-electron chi connectivity index (χ3n) is 7.16. The lowest BCUT2D eigenvalue weighted by Gasteiger charge is -2.19. The van der Waals surface area contributed by atoms with Gasteiger partial charge in [0.2, 0.25) is 0 Å². The fourth-order valence-corrected chi connectivity index (χ4v) is 4.44. The summed E-state index contributed by atoms with van der Waals surface area (Å²) < 4.78 is 3.07. The molecule has 0 atom stereocenters. The smallest absolute Gasteiger partial charge is 0.251 e. The number of nitrogens with zero attached hydrogens (tertiary/aromatic N) is 7. The van der Waals surface area contributed by atoms with Crippen molar-refractivity contribution < 1.29 is 9.59 Å². The first-order chi connectivity index (χ1) is 20.9. The van der Waals surface area contributed by atoms with Gasteiger partial charge in [0.1, 0.15) is 11.4 Å². The number of carbonyl (C=O) groups is 2. The molecule has 0 aliphatic rings. The fraction of sp³-hybridized carbons (Fsp3) is 0.303. The second kappa shape index (κ2) is 12.2. The highest BCUT2D eigenvalue weighted by molar-refractivity contribution is 5.94. The van der Waals surface area contributed by atoms with E-state index in [9.17, 15) is 9.59 Å². The minimum Gasteiger partial charge on any atom is -0.346 e. The zero-order valence-corrected chi connectivity index (χ0v) is 25.9. The maximum Gasteiger partial charge on any atom is 0.251 e. The van der Waals surface area contributed by atoms with Crippen molar-refractivity contribution in [2.75, 3.05) is 0 Å². The van der Waals surface area contributed by atoms with Crippen LogP contribution in [0.15, 0.2) is 79.1 Å². The largest absolute Gasteiger partial charge is 0.346 e. The van der Waals surface area contributed by atoms with Crippen molar-refractivity contribution in [3.05, 3.63) is 113 Å². The Hall–Kier alpha value is -5.19. The quantitative estimate of drug-likeness (QED) is 0.267. The molecule has 3 aromatic heterocycles. The van der Waals surface area contributed by atoms with Crippen LogP contribution in [0.1, 0.15) is 84.8 Å². The van der Waals surface area contributed by atoms with Crippen LogP contribution in [0.2, 0.25) is 0 Å². The molecule has 0 aliphatic heterocycles. The molecular formula is C33H37N9O2. The van der Waals surface area contributed by atoms with E-state index < -0.39 is 0 Å². The Morgan fingerprint density at radius 1 is 0.614 bits per heavy atom. The first kappa shape index (κ1) is 30.3. The van der Waals surface area contributed by atoms with E-state index in [1.54, 1.807) is 24.5 Å². The van der Waals surface area contributed by atoms with Crippen molar-refractivity contribution in [3.8, 4) is 11.6 Å². The summed E-state index contributed by atoms with van der Waals surface area (Å²) in [6.45, 7) is 13.2. The lowest BCUT2D eigenvalue weighted by atomic mass is 9.86. The van der Waals surface area contributed by atoms with E-state index in [0.717, 1.165) is 0 Å². The summed E-state index contributed by atoms with van der Waals surface area (Å²) in [4.78, 5) is 29.9. The first-order valence-electron chi connectivity index (χ1n) is 14.4. The van der Waals surface area contributed by atoms with E-state index in [-0.39, 0.29) is 35.7 Å². The summed E-state index contributed by atoms with van der Waals surface area (Å²) in [5.74, 6) is 0.678. The predicted octanol–water partition coefficient (Wildman–Crippen LogP) is 4.70. The molecule has 11 heteroatoms. The minimum absolute atomic E-state index is 0.0203. The average molecular weight is 592 g/mol. The summed E-state index contributed by atoms with van der Waals surface area (Å²) in [5, 5.41) is 22.5. The molecule has 0 saturated heterocycles. The number of amides is 2. The van der Waals surface area contributed by atoms with Crippen LogP contribution >= 0.6 is 0 Å². The molecule has 0 saturated carbocycles. The number of benzene rings is 2. The van der Waals surface area contributed by atoms with Crippen LogP contribution in [0.25, 0.3) is 11.6 Å². The maximum atomic E-state index is 12.6. The van der Waals surface area contributed by atoms with Gasteiger partial charge in [-0.1, -0.05) is 82.3 Å². The van der Waals surface area contributed by atoms with Crippen LogP contribution in [0.3, 0.4) is 0 Å². The number of hydrogen-bond acceptors (Lipinski definition) is 7. The Balaban J connectivity index is 1.18. The van der Waals surface area contributed by atoms with E-state index in [1.165, 1.54) is 20.5 Å². The third kappa shape index (κ3) is 7.23. The predicted molar refractivity (Wildman–Crippen MR) is 167 cm³/mol. The minimum atomic E-state index is -0.184. The third-order valence-corrected chi connectivity index (χ3v) is 7.16. The van der Waals surface area contributed by atoms with Crippen molar-refractivity contribution in [2.45, 2.75) is 65.5 Å². The number of carbonyl (C=O) groups excluding carboxylic acids is 2. The normalized spacial score (nSPS) is 11.8. The lowest BCUT2D eigenvalue weighted by Crippen LogP contribution is -2.23. The molecular weight excluding hydrogens is 554 g/mol. The molecule has 5 rings (SSSR count). The van der Waals surface area contributed by atoms with Gasteiger partial charge < -0.3 is 10.6 Å². The van der Waals surface area contributed by atoms with Crippen molar-refractivity contribution >= 4 is 11.8 Å². The molecule has 0 spiro atoms. The van der Waals surface area contributed by atoms with Crippen LogP contribution in [0.4, 0.5) is 0 Å². The van der Waals surface area contributed by atoms with Gasteiger partial charge in [0.15, 0.2) is 11.6 Å². The van der Waals surface area contributed by atoms with Crippen LogP contribution in [-0.4, -0.2) is 46.8 Å². The SMILES string of the molecule is CC(C)(C)c1ccc(C(=O)NCc2cn(-c3cccc(-n4cc(CNC(=O)c5ccc(C(C)(C)C)cc5)nn4)n3)nn2)cc1. The van der Waals surface area contributed by atoms with Crippen LogP contribution in [-0.2, 0) is 23.9 Å².